The Hall–Kier alpha value is -1.32. The lowest BCUT2D eigenvalue weighted by Crippen LogP contribution is -2.30. The summed E-state index contributed by atoms with van der Waals surface area (Å²) in [6, 6.07) is 0. The molecule has 1 aliphatic rings. The van der Waals surface area contributed by atoms with E-state index in [1.165, 1.54) is 13.2 Å². The normalized spacial score (nSPS) is 17.3. The standard InChI is InChI=1S/C7H9NO3/c1-3-8-6(9)4-5(11-2)7(8)10/h4H,3H2,1-2H3. The maximum atomic E-state index is 11.1. The lowest BCUT2D eigenvalue weighted by Gasteiger charge is -2.09. The van der Waals surface area contributed by atoms with Gasteiger partial charge >= 0.3 is 0 Å². The molecule has 0 radical (unpaired) electrons. The third-order valence-electron chi connectivity index (χ3n) is 1.51. The molecule has 0 fully saturated rings. The second-order valence-corrected chi connectivity index (χ2v) is 2.10. The summed E-state index contributed by atoms with van der Waals surface area (Å²) in [6.45, 7) is 2.13. The van der Waals surface area contributed by atoms with Gasteiger partial charge in [0, 0.05) is 6.54 Å². The zero-order valence-electron chi connectivity index (χ0n) is 6.46. The number of hydrogen-bond acceptors (Lipinski definition) is 3. The molecule has 1 rings (SSSR count). The van der Waals surface area contributed by atoms with Gasteiger partial charge in [0.15, 0.2) is 5.76 Å². The minimum atomic E-state index is -0.347. The highest BCUT2D eigenvalue weighted by molar-refractivity contribution is 6.15. The number of methoxy groups -OCH3 is 1. The summed E-state index contributed by atoms with van der Waals surface area (Å²) in [4.78, 5) is 23.1. The SMILES string of the molecule is CCN1C(=O)C=C(OC)C1=O. The van der Waals surface area contributed by atoms with Crippen LogP contribution in [-0.4, -0.2) is 30.4 Å². The largest absolute Gasteiger partial charge is 0.491 e. The van der Waals surface area contributed by atoms with Crippen LogP contribution in [0.2, 0.25) is 0 Å². The van der Waals surface area contributed by atoms with Gasteiger partial charge in [-0.1, -0.05) is 0 Å². The van der Waals surface area contributed by atoms with Crippen LogP contribution in [0, 0.1) is 0 Å². The molecule has 0 aliphatic carbocycles. The van der Waals surface area contributed by atoms with Crippen LogP contribution in [-0.2, 0) is 14.3 Å². The minimum absolute atomic E-state index is 0.122. The first kappa shape index (κ1) is 7.78. The number of ether oxygens (including phenoxy) is 1. The van der Waals surface area contributed by atoms with Crippen LogP contribution >= 0.6 is 0 Å². The second kappa shape index (κ2) is 2.74. The maximum absolute atomic E-state index is 11.1. The predicted octanol–water partition coefficient (Wildman–Crippen LogP) is -0.0946. The average Bonchev–Trinajstić information content (AvgIpc) is 2.26. The number of carbonyl (C=O) groups excluding carboxylic acids is 2. The number of amides is 2. The third kappa shape index (κ3) is 1.11. The van der Waals surface area contributed by atoms with E-state index in [9.17, 15) is 9.59 Å². The Morgan fingerprint density at radius 3 is 2.45 bits per heavy atom. The lowest BCUT2D eigenvalue weighted by molar-refractivity contribution is -0.138. The molecule has 2 amide bonds. The molecule has 0 unspecified atom stereocenters. The van der Waals surface area contributed by atoms with Crippen molar-refractivity contribution in [1.29, 1.82) is 0 Å². The van der Waals surface area contributed by atoms with E-state index < -0.39 is 0 Å². The van der Waals surface area contributed by atoms with E-state index in [0.29, 0.717) is 6.54 Å². The van der Waals surface area contributed by atoms with Crippen LogP contribution in [0.1, 0.15) is 6.92 Å². The molecule has 1 heterocycles. The monoisotopic (exact) mass is 155 g/mol. The Morgan fingerprint density at radius 1 is 1.55 bits per heavy atom. The predicted molar refractivity (Wildman–Crippen MR) is 37.5 cm³/mol. The van der Waals surface area contributed by atoms with Crippen molar-refractivity contribution >= 4 is 11.8 Å². The van der Waals surface area contributed by atoms with E-state index in [1.807, 2.05) is 0 Å². The highest BCUT2D eigenvalue weighted by Crippen LogP contribution is 2.11. The van der Waals surface area contributed by atoms with Gasteiger partial charge in [0.25, 0.3) is 11.8 Å². The molecule has 4 heteroatoms. The van der Waals surface area contributed by atoms with Gasteiger partial charge in [0.05, 0.1) is 13.2 Å². The van der Waals surface area contributed by atoms with Crippen LogP contribution in [0.4, 0.5) is 0 Å². The Balaban J connectivity index is 2.84. The molecule has 0 saturated heterocycles. The van der Waals surface area contributed by atoms with Gasteiger partial charge in [-0.25, -0.2) is 0 Å². The van der Waals surface area contributed by atoms with E-state index in [-0.39, 0.29) is 17.6 Å². The summed E-state index contributed by atoms with van der Waals surface area (Å²) in [7, 11) is 1.37. The summed E-state index contributed by atoms with van der Waals surface area (Å²) >= 11 is 0. The van der Waals surface area contributed by atoms with E-state index in [0.717, 1.165) is 4.90 Å². The molecule has 4 nitrogen and oxygen atoms in total. The van der Waals surface area contributed by atoms with Crippen molar-refractivity contribution in [3.8, 4) is 0 Å². The van der Waals surface area contributed by atoms with Crippen molar-refractivity contribution in [2.75, 3.05) is 13.7 Å². The zero-order chi connectivity index (χ0) is 8.43. The van der Waals surface area contributed by atoms with Crippen LogP contribution in [0.3, 0.4) is 0 Å². The smallest absolute Gasteiger partial charge is 0.295 e. The summed E-state index contributed by atoms with van der Waals surface area (Å²) in [5.41, 5.74) is 0. The fourth-order valence-electron chi connectivity index (χ4n) is 0.931. The van der Waals surface area contributed by atoms with E-state index in [1.54, 1.807) is 6.92 Å². The number of likely N-dealkylation sites (N-methyl/N-ethyl adjacent to an activating group) is 1. The molecule has 0 bridgehead atoms. The maximum Gasteiger partial charge on any atom is 0.295 e. The van der Waals surface area contributed by atoms with Gasteiger partial charge in [-0.05, 0) is 6.92 Å². The molecule has 0 atom stereocenters. The van der Waals surface area contributed by atoms with Crippen LogP contribution < -0.4 is 0 Å². The molecule has 0 saturated carbocycles. The third-order valence-corrected chi connectivity index (χ3v) is 1.51. The number of nitrogens with zero attached hydrogens (tertiary/aromatic N) is 1. The van der Waals surface area contributed by atoms with Gasteiger partial charge in [-0.2, -0.15) is 0 Å². The number of hydrogen-bond donors (Lipinski definition) is 0. The minimum Gasteiger partial charge on any atom is -0.491 e. The first-order valence-electron chi connectivity index (χ1n) is 3.32. The van der Waals surface area contributed by atoms with E-state index >= 15 is 0 Å². The van der Waals surface area contributed by atoms with E-state index in [2.05, 4.69) is 4.74 Å². The molecule has 0 aromatic carbocycles. The quantitative estimate of drug-likeness (QED) is 0.523. The molecule has 1 aliphatic heterocycles. The van der Waals surface area contributed by atoms with Crippen molar-refractivity contribution in [2.24, 2.45) is 0 Å². The van der Waals surface area contributed by atoms with Gasteiger partial charge < -0.3 is 4.74 Å². The second-order valence-electron chi connectivity index (χ2n) is 2.10. The molecule has 0 aromatic heterocycles. The number of rotatable bonds is 2. The van der Waals surface area contributed by atoms with Gasteiger partial charge in [-0.3, -0.25) is 14.5 Å². The van der Waals surface area contributed by atoms with E-state index in [4.69, 9.17) is 0 Å². The molecular weight excluding hydrogens is 146 g/mol. The molecular formula is C7H9NO3. The fourth-order valence-corrected chi connectivity index (χ4v) is 0.931. The average molecular weight is 155 g/mol. The van der Waals surface area contributed by atoms with Crippen molar-refractivity contribution in [3.05, 3.63) is 11.8 Å². The van der Waals surface area contributed by atoms with Crippen LogP contribution in [0.5, 0.6) is 0 Å². The van der Waals surface area contributed by atoms with Crippen molar-refractivity contribution in [3.63, 3.8) is 0 Å². The van der Waals surface area contributed by atoms with Crippen LogP contribution in [0.25, 0.3) is 0 Å². The van der Waals surface area contributed by atoms with Gasteiger partial charge in [0.1, 0.15) is 0 Å². The van der Waals surface area contributed by atoms with Crippen LogP contribution in [0.15, 0.2) is 11.8 Å². The molecule has 11 heavy (non-hydrogen) atoms. The fraction of sp³-hybridized carbons (Fsp3) is 0.429. The highest BCUT2D eigenvalue weighted by Gasteiger charge is 2.30. The molecule has 60 valence electrons. The Kier molecular flexibility index (Phi) is 1.94. The molecule has 0 aromatic rings. The van der Waals surface area contributed by atoms with Gasteiger partial charge in [0.2, 0.25) is 0 Å². The molecule has 0 spiro atoms. The summed E-state index contributed by atoms with van der Waals surface area (Å²) in [6.07, 6.45) is 1.20. The highest BCUT2D eigenvalue weighted by atomic mass is 16.5. The topological polar surface area (TPSA) is 46.6 Å². The summed E-state index contributed by atoms with van der Waals surface area (Å²) in [5.74, 6) is -0.522. The van der Waals surface area contributed by atoms with Crippen molar-refractivity contribution in [2.45, 2.75) is 6.92 Å². The Morgan fingerprint density at radius 2 is 2.18 bits per heavy atom. The van der Waals surface area contributed by atoms with Crippen molar-refractivity contribution in [1.82, 2.24) is 4.90 Å². The summed E-state index contributed by atoms with van der Waals surface area (Å²) < 4.78 is 4.67. The van der Waals surface area contributed by atoms with Crippen molar-refractivity contribution < 1.29 is 14.3 Å². The summed E-state index contributed by atoms with van der Waals surface area (Å²) in [5, 5.41) is 0. The molecule has 0 N–H and O–H groups in total. The number of imide groups is 1. The van der Waals surface area contributed by atoms with Gasteiger partial charge in [-0.15, -0.1) is 0 Å². The zero-order valence-corrected chi connectivity index (χ0v) is 6.46. The Labute approximate surface area is 64.4 Å². The first-order chi connectivity index (χ1) is 5.20. The first-order valence-corrected chi connectivity index (χ1v) is 3.32. The Bertz CT molecular complexity index is 232. The lowest BCUT2D eigenvalue weighted by atomic mass is 10.5. The number of carbonyl (C=O) groups is 2.